The van der Waals surface area contributed by atoms with Gasteiger partial charge in [-0.3, -0.25) is 14.5 Å². The Balaban J connectivity index is 1.71. The summed E-state index contributed by atoms with van der Waals surface area (Å²) in [5, 5.41) is 0.405. The number of hydrogen-bond donors (Lipinski definition) is 0. The minimum Gasteiger partial charge on any atom is -0.269 e. The normalized spacial score (nSPS) is 14.2. The van der Waals surface area contributed by atoms with Crippen LogP contribution in [-0.2, 0) is 0 Å². The topological polar surface area (TPSA) is 63.2 Å². The summed E-state index contributed by atoms with van der Waals surface area (Å²) >= 11 is 6.32. The predicted molar refractivity (Wildman–Crippen MR) is 115 cm³/mol. The molecule has 0 saturated carbocycles. The lowest BCUT2D eigenvalue weighted by Gasteiger charge is -2.24. The Kier molecular flexibility index (Phi) is 4.52. The van der Waals surface area contributed by atoms with E-state index in [9.17, 15) is 14.0 Å². The van der Waals surface area contributed by atoms with Crippen molar-refractivity contribution in [3.05, 3.63) is 94.4 Å². The predicted octanol–water partition coefficient (Wildman–Crippen LogP) is 5.45. The molecule has 4 aromatic rings. The highest BCUT2D eigenvalue weighted by Crippen LogP contribution is 2.36. The molecular weight excluding hydrogens is 417 g/mol. The third kappa shape index (κ3) is 3.07. The van der Waals surface area contributed by atoms with Crippen LogP contribution in [-0.4, -0.2) is 26.7 Å². The number of nitrogens with zero attached hydrogens (tertiary/aromatic N) is 3. The molecule has 0 spiro atoms. The van der Waals surface area contributed by atoms with Crippen LogP contribution >= 0.6 is 11.6 Å². The van der Waals surface area contributed by atoms with E-state index in [1.807, 2.05) is 0 Å². The largest absolute Gasteiger partial charge is 0.269 e. The first-order valence-corrected chi connectivity index (χ1v) is 10.0. The second-order valence-electron chi connectivity index (χ2n) is 7.28. The number of fused-ring (bicyclic) bond motifs is 2. The van der Waals surface area contributed by atoms with Gasteiger partial charge < -0.3 is 0 Å². The van der Waals surface area contributed by atoms with E-state index >= 15 is 0 Å². The van der Waals surface area contributed by atoms with Crippen LogP contribution in [0.1, 0.15) is 39.4 Å². The standard InChI is InChI=1S/C24H15ClFN3O2/c1-13(29-23(30)16-8-2-3-9-17(16)24(29)31)20-21(14-6-4-7-15(26)12-14)28-22-18(25)10-5-11-19(22)27-20/h2-13H,1H3. The van der Waals surface area contributed by atoms with Crippen LogP contribution in [0.25, 0.3) is 22.3 Å². The van der Waals surface area contributed by atoms with Gasteiger partial charge in [-0.2, -0.15) is 0 Å². The Hall–Kier alpha value is -3.64. The zero-order chi connectivity index (χ0) is 21.7. The molecule has 0 aliphatic carbocycles. The summed E-state index contributed by atoms with van der Waals surface area (Å²) in [5.74, 6) is -1.23. The minimum absolute atomic E-state index is 0.350. The highest BCUT2D eigenvalue weighted by Gasteiger charge is 2.40. The fourth-order valence-electron chi connectivity index (χ4n) is 3.88. The van der Waals surface area contributed by atoms with E-state index in [-0.39, 0.29) is 0 Å². The van der Waals surface area contributed by atoms with Gasteiger partial charge in [0.2, 0.25) is 0 Å². The van der Waals surface area contributed by atoms with Crippen molar-refractivity contribution in [1.29, 1.82) is 0 Å². The van der Waals surface area contributed by atoms with E-state index in [0.717, 1.165) is 0 Å². The summed E-state index contributed by atoms with van der Waals surface area (Å²) in [6, 6.07) is 17.1. The van der Waals surface area contributed by atoms with Crippen LogP contribution in [0.5, 0.6) is 0 Å². The molecule has 2 heterocycles. The van der Waals surface area contributed by atoms with Crippen molar-refractivity contribution in [2.24, 2.45) is 0 Å². The second kappa shape index (κ2) is 7.25. The van der Waals surface area contributed by atoms with Crippen molar-refractivity contribution < 1.29 is 14.0 Å². The molecule has 31 heavy (non-hydrogen) atoms. The molecule has 1 unspecified atom stereocenters. The number of amides is 2. The third-order valence-corrected chi connectivity index (χ3v) is 5.68. The molecule has 1 atom stereocenters. The van der Waals surface area contributed by atoms with Crippen molar-refractivity contribution in [2.75, 3.05) is 0 Å². The highest BCUT2D eigenvalue weighted by atomic mass is 35.5. The van der Waals surface area contributed by atoms with Gasteiger partial charge in [-0.25, -0.2) is 14.4 Å². The van der Waals surface area contributed by atoms with Gasteiger partial charge in [0.25, 0.3) is 11.8 Å². The summed E-state index contributed by atoms with van der Waals surface area (Å²) in [5.41, 5.74) is 2.91. The van der Waals surface area contributed by atoms with Crippen molar-refractivity contribution in [2.45, 2.75) is 13.0 Å². The smallest absolute Gasteiger partial charge is 0.262 e. The molecule has 5 rings (SSSR count). The van der Waals surface area contributed by atoms with E-state index in [1.54, 1.807) is 61.5 Å². The van der Waals surface area contributed by atoms with Crippen molar-refractivity contribution in [3.63, 3.8) is 0 Å². The monoisotopic (exact) mass is 431 g/mol. The first-order valence-electron chi connectivity index (χ1n) is 9.64. The number of hydrogen-bond acceptors (Lipinski definition) is 4. The molecule has 2 amide bonds. The molecule has 152 valence electrons. The Morgan fingerprint density at radius 1 is 0.903 bits per heavy atom. The van der Waals surface area contributed by atoms with E-state index in [4.69, 9.17) is 16.6 Å². The van der Waals surface area contributed by atoms with Crippen LogP contribution in [0, 0.1) is 5.82 Å². The summed E-state index contributed by atoms with van der Waals surface area (Å²) in [6.07, 6.45) is 0. The molecule has 0 bridgehead atoms. The van der Waals surface area contributed by atoms with Crippen LogP contribution in [0.15, 0.2) is 66.7 Å². The maximum absolute atomic E-state index is 14.0. The van der Waals surface area contributed by atoms with Gasteiger partial charge in [0.15, 0.2) is 0 Å². The Labute approximate surface area is 182 Å². The van der Waals surface area contributed by atoms with E-state index < -0.39 is 23.7 Å². The fourth-order valence-corrected chi connectivity index (χ4v) is 4.09. The van der Waals surface area contributed by atoms with Gasteiger partial charge in [-0.15, -0.1) is 0 Å². The number of para-hydroxylation sites is 1. The Morgan fingerprint density at radius 2 is 1.58 bits per heavy atom. The average Bonchev–Trinajstić information content (AvgIpc) is 3.03. The summed E-state index contributed by atoms with van der Waals surface area (Å²) in [4.78, 5) is 36.6. The maximum atomic E-state index is 14.0. The SMILES string of the molecule is CC(c1nc2cccc(Cl)c2nc1-c1cccc(F)c1)N1C(=O)c2ccccc2C1=O. The Bertz CT molecular complexity index is 1350. The molecule has 0 fully saturated rings. The summed E-state index contributed by atoms with van der Waals surface area (Å²) < 4.78 is 14.0. The lowest BCUT2D eigenvalue weighted by molar-refractivity contribution is 0.0592. The molecule has 3 aromatic carbocycles. The number of aromatic nitrogens is 2. The van der Waals surface area contributed by atoms with E-state index in [1.165, 1.54) is 17.0 Å². The molecule has 0 radical (unpaired) electrons. The minimum atomic E-state index is -0.735. The van der Waals surface area contributed by atoms with Gasteiger partial charge in [0.1, 0.15) is 11.3 Å². The van der Waals surface area contributed by atoms with E-state index in [2.05, 4.69) is 4.98 Å². The molecule has 1 aliphatic heterocycles. The molecule has 7 heteroatoms. The van der Waals surface area contributed by atoms with Crippen LogP contribution < -0.4 is 0 Å². The number of benzene rings is 3. The quantitative estimate of drug-likeness (QED) is 0.405. The van der Waals surface area contributed by atoms with Crippen molar-refractivity contribution >= 4 is 34.4 Å². The molecule has 0 N–H and O–H groups in total. The van der Waals surface area contributed by atoms with Crippen LogP contribution in [0.4, 0.5) is 4.39 Å². The summed E-state index contributed by atoms with van der Waals surface area (Å²) in [7, 11) is 0. The van der Waals surface area contributed by atoms with Gasteiger partial charge in [-0.1, -0.05) is 41.9 Å². The third-order valence-electron chi connectivity index (χ3n) is 5.38. The molecule has 1 aromatic heterocycles. The molecule has 1 aliphatic rings. The zero-order valence-electron chi connectivity index (χ0n) is 16.3. The van der Waals surface area contributed by atoms with Crippen LogP contribution in [0.2, 0.25) is 5.02 Å². The van der Waals surface area contributed by atoms with Gasteiger partial charge in [-0.05, 0) is 43.3 Å². The molecule has 5 nitrogen and oxygen atoms in total. The second-order valence-corrected chi connectivity index (χ2v) is 7.68. The lowest BCUT2D eigenvalue weighted by Crippen LogP contribution is -2.33. The van der Waals surface area contributed by atoms with Crippen LogP contribution in [0.3, 0.4) is 0 Å². The number of carbonyl (C=O) groups excluding carboxylic acids is 2. The highest BCUT2D eigenvalue weighted by molar-refractivity contribution is 6.34. The lowest BCUT2D eigenvalue weighted by atomic mass is 10.0. The number of halogens is 2. The van der Waals surface area contributed by atoms with Gasteiger partial charge in [0.05, 0.1) is 39.1 Å². The molecular formula is C24H15ClFN3O2. The maximum Gasteiger partial charge on any atom is 0.262 e. The van der Waals surface area contributed by atoms with E-state index in [0.29, 0.717) is 44.1 Å². The summed E-state index contributed by atoms with van der Waals surface area (Å²) in [6.45, 7) is 1.71. The first kappa shape index (κ1) is 19.3. The number of carbonyl (C=O) groups is 2. The van der Waals surface area contributed by atoms with Gasteiger partial charge in [0, 0.05) is 5.56 Å². The fraction of sp³-hybridized carbons (Fsp3) is 0.0833. The van der Waals surface area contributed by atoms with Crippen molar-refractivity contribution in [3.8, 4) is 11.3 Å². The van der Waals surface area contributed by atoms with Gasteiger partial charge >= 0.3 is 0 Å². The van der Waals surface area contributed by atoms with Crippen molar-refractivity contribution in [1.82, 2.24) is 14.9 Å². The molecule has 0 saturated heterocycles. The number of imide groups is 1. The number of rotatable bonds is 3. The first-order chi connectivity index (χ1) is 15.0. The Morgan fingerprint density at radius 3 is 2.26 bits per heavy atom. The average molecular weight is 432 g/mol. The zero-order valence-corrected chi connectivity index (χ0v) is 17.1.